The van der Waals surface area contributed by atoms with E-state index >= 15 is 0 Å². The molecular formula is C19H16N6O. The summed E-state index contributed by atoms with van der Waals surface area (Å²) in [5, 5.41) is 12.0. The topological polar surface area (TPSA) is 85.6 Å². The SMILES string of the molecule is Cc1cc(C(=O)Nc2cc3cc(-c4cncn4C)ccc3nn2)ccn1. The van der Waals surface area contributed by atoms with Crippen molar-refractivity contribution >= 4 is 22.6 Å². The Morgan fingerprint density at radius 3 is 2.77 bits per heavy atom. The van der Waals surface area contributed by atoms with Gasteiger partial charge in [0.1, 0.15) is 0 Å². The number of amides is 1. The molecule has 0 saturated heterocycles. The van der Waals surface area contributed by atoms with Gasteiger partial charge in [0.25, 0.3) is 5.91 Å². The maximum atomic E-state index is 12.4. The van der Waals surface area contributed by atoms with Gasteiger partial charge in [0.15, 0.2) is 5.82 Å². The Morgan fingerprint density at radius 1 is 1.12 bits per heavy atom. The molecule has 1 N–H and O–H groups in total. The van der Waals surface area contributed by atoms with Gasteiger partial charge in [-0.1, -0.05) is 6.07 Å². The molecule has 1 aromatic carbocycles. The molecule has 0 unspecified atom stereocenters. The lowest BCUT2D eigenvalue weighted by Crippen LogP contribution is -2.13. The number of nitrogens with zero attached hydrogens (tertiary/aromatic N) is 5. The molecule has 4 rings (SSSR count). The van der Waals surface area contributed by atoms with Crippen LogP contribution in [0, 0.1) is 6.92 Å². The summed E-state index contributed by atoms with van der Waals surface area (Å²) in [5.74, 6) is 0.158. The number of hydrogen-bond acceptors (Lipinski definition) is 5. The van der Waals surface area contributed by atoms with Crippen molar-refractivity contribution < 1.29 is 4.79 Å². The molecule has 3 aromatic heterocycles. The van der Waals surface area contributed by atoms with Crippen LogP contribution in [0.3, 0.4) is 0 Å². The minimum atomic E-state index is -0.244. The lowest BCUT2D eigenvalue weighted by atomic mass is 10.1. The zero-order chi connectivity index (χ0) is 18.1. The molecule has 1 amide bonds. The van der Waals surface area contributed by atoms with E-state index in [1.54, 1.807) is 24.7 Å². The molecule has 0 saturated carbocycles. The third kappa shape index (κ3) is 3.02. The number of carbonyl (C=O) groups excluding carboxylic acids is 1. The molecule has 0 aliphatic carbocycles. The van der Waals surface area contributed by atoms with Crippen LogP contribution < -0.4 is 5.32 Å². The number of fused-ring (bicyclic) bond motifs is 1. The molecule has 128 valence electrons. The molecular weight excluding hydrogens is 328 g/mol. The fraction of sp³-hybridized carbons (Fsp3) is 0.105. The van der Waals surface area contributed by atoms with Crippen LogP contribution in [0.4, 0.5) is 5.82 Å². The van der Waals surface area contributed by atoms with E-state index in [0.29, 0.717) is 11.4 Å². The second kappa shape index (κ2) is 6.36. The maximum Gasteiger partial charge on any atom is 0.256 e. The zero-order valence-corrected chi connectivity index (χ0v) is 14.3. The van der Waals surface area contributed by atoms with E-state index in [1.807, 2.05) is 49.0 Å². The Hall–Kier alpha value is -3.61. The number of carbonyl (C=O) groups is 1. The fourth-order valence-corrected chi connectivity index (χ4v) is 2.78. The van der Waals surface area contributed by atoms with Crippen molar-refractivity contribution in [3.63, 3.8) is 0 Å². The number of anilines is 1. The van der Waals surface area contributed by atoms with Gasteiger partial charge in [-0.3, -0.25) is 9.78 Å². The van der Waals surface area contributed by atoms with Gasteiger partial charge in [0.2, 0.25) is 0 Å². The standard InChI is InChI=1S/C19H16N6O/c1-12-7-14(5-6-21-12)19(26)22-18-9-15-8-13(3-4-16(15)23-24-18)17-10-20-11-25(17)2/h3-11H,1-2H3,(H,22,24,26). The predicted molar refractivity (Wildman–Crippen MR) is 98.7 cm³/mol. The average molecular weight is 344 g/mol. The molecule has 0 atom stereocenters. The number of pyridine rings is 1. The maximum absolute atomic E-state index is 12.4. The molecule has 4 aromatic rings. The summed E-state index contributed by atoms with van der Waals surface area (Å²) < 4.78 is 1.95. The van der Waals surface area contributed by atoms with Crippen LogP contribution >= 0.6 is 0 Å². The lowest BCUT2D eigenvalue weighted by Gasteiger charge is -2.07. The largest absolute Gasteiger partial charge is 0.334 e. The van der Waals surface area contributed by atoms with E-state index in [4.69, 9.17) is 0 Å². The summed E-state index contributed by atoms with van der Waals surface area (Å²) in [4.78, 5) is 20.6. The molecule has 0 fully saturated rings. The first-order valence-electron chi connectivity index (χ1n) is 8.08. The number of nitrogens with one attached hydrogen (secondary N) is 1. The van der Waals surface area contributed by atoms with Crippen LogP contribution in [0.15, 0.2) is 55.1 Å². The summed E-state index contributed by atoms with van der Waals surface area (Å²) in [6, 6.07) is 11.1. The van der Waals surface area contributed by atoms with E-state index in [0.717, 1.165) is 27.9 Å². The van der Waals surface area contributed by atoms with Crippen molar-refractivity contribution in [2.75, 3.05) is 5.32 Å². The smallest absolute Gasteiger partial charge is 0.256 e. The van der Waals surface area contributed by atoms with Crippen LogP contribution in [0.5, 0.6) is 0 Å². The Kier molecular flexibility index (Phi) is 3.89. The van der Waals surface area contributed by atoms with Crippen LogP contribution in [0.25, 0.3) is 22.2 Å². The average Bonchev–Trinajstić information content (AvgIpc) is 3.07. The van der Waals surface area contributed by atoms with Crippen LogP contribution in [0.1, 0.15) is 16.1 Å². The molecule has 3 heterocycles. The molecule has 0 radical (unpaired) electrons. The molecule has 0 aliphatic heterocycles. The highest BCUT2D eigenvalue weighted by atomic mass is 16.1. The molecule has 7 nitrogen and oxygen atoms in total. The van der Waals surface area contributed by atoms with Gasteiger partial charge in [-0.05, 0) is 37.3 Å². The van der Waals surface area contributed by atoms with E-state index in [1.165, 1.54) is 0 Å². The first-order valence-corrected chi connectivity index (χ1v) is 8.08. The van der Waals surface area contributed by atoms with Crippen molar-refractivity contribution in [3.8, 4) is 11.3 Å². The van der Waals surface area contributed by atoms with E-state index in [2.05, 4.69) is 25.5 Å². The van der Waals surface area contributed by atoms with E-state index < -0.39 is 0 Å². The third-order valence-electron chi connectivity index (χ3n) is 4.10. The number of aromatic nitrogens is 5. The first kappa shape index (κ1) is 15.9. The summed E-state index contributed by atoms with van der Waals surface area (Å²) in [5.41, 5.74) is 4.09. The number of aryl methyl sites for hydroxylation is 2. The van der Waals surface area contributed by atoms with Gasteiger partial charge < -0.3 is 9.88 Å². The van der Waals surface area contributed by atoms with Crippen molar-refractivity contribution in [3.05, 3.63) is 66.4 Å². The Morgan fingerprint density at radius 2 is 2.00 bits per heavy atom. The third-order valence-corrected chi connectivity index (χ3v) is 4.10. The molecule has 0 bridgehead atoms. The quantitative estimate of drug-likeness (QED) is 0.617. The zero-order valence-electron chi connectivity index (χ0n) is 14.3. The number of hydrogen-bond donors (Lipinski definition) is 1. The van der Waals surface area contributed by atoms with Gasteiger partial charge in [-0.2, -0.15) is 0 Å². The lowest BCUT2D eigenvalue weighted by molar-refractivity contribution is 0.102. The Labute approximate surface area is 149 Å². The van der Waals surface area contributed by atoms with Crippen molar-refractivity contribution in [2.45, 2.75) is 6.92 Å². The van der Waals surface area contributed by atoms with Gasteiger partial charge in [-0.25, -0.2) is 4.98 Å². The summed E-state index contributed by atoms with van der Waals surface area (Å²) in [6.07, 6.45) is 5.17. The summed E-state index contributed by atoms with van der Waals surface area (Å²) in [6.45, 7) is 1.84. The summed E-state index contributed by atoms with van der Waals surface area (Å²) >= 11 is 0. The van der Waals surface area contributed by atoms with Crippen LogP contribution in [0.2, 0.25) is 0 Å². The molecule has 0 aliphatic rings. The van der Waals surface area contributed by atoms with Gasteiger partial charge in [0.05, 0.1) is 23.7 Å². The molecule has 0 spiro atoms. The van der Waals surface area contributed by atoms with Crippen molar-refractivity contribution in [2.24, 2.45) is 7.05 Å². The number of imidazole rings is 1. The highest BCUT2D eigenvalue weighted by molar-refractivity contribution is 6.04. The Balaban J connectivity index is 1.66. The van der Waals surface area contributed by atoms with Crippen molar-refractivity contribution in [1.82, 2.24) is 24.7 Å². The predicted octanol–water partition coefficient (Wildman–Crippen LogP) is 2.99. The summed E-state index contributed by atoms with van der Waals surface area (Å²) in [7, 11) is 1.94. The minimum Gasteiger partial charge on any atom is -0.334 e. The number of benzene rings is 1. The first-order chi connectivity index (χ1) is 12.6. The number of rotatable bonds is 3. The normalized spacial score (nSPS) is 10.8. The second-order valence-corrected chi connectivity index (χ2v) is 6.03. The minimum absolute atomic E-state index is 0.244. The highest BCUT2D eigenvalue weighted by Gasteiger charge is 2.10. The Bertz CT molecular complexity index is 1120. The molecule has 26 heavy (non-hydrogen) atoms. The van der Waals surface area contributed by atoms with E-state index in [-0.39, 0.29) is 5.91 Å². The van der Waals surface area contributed by atoms with Gasteiger partial charge in [-0.15, -0.1) is 10.2 Å². The van der Waals surface area contributed by atoms with Gasteiger partial charge >= 0.3 is 0 Å². The molecule has 7 heteroatoms. The second-order valence-electron chi connectivity index (χ2n) is 6.03. The van der Waals surface area contributed by atoms with Crippen LogP contribution in [-0.4, -0.2) is 30.6 Å². The van der Waals surface area contributed by atoms with E-state index in [9.17, 15) is 4.79 Å². The van der Waals surface area contributed by atoms with Crippen molar-refractivity contribution in [1.29, 1.82) is 0 Å². The fourth-order valence-electron chi connectivity index (χ4n) is 2.78. The van der Waals surface area contributed by atoms with Crippen LogP contribution in [-0.2, 0) is 7.05 Å². The monoisotopic (exact) mass is 344 g/mol. The highest BCUT2D eigenvalue weighted by Crippen LogP contribution is 2.24. The van der Waals surface area contributed by atoms with Gasteiger partial charge in [0, 0.05) is 35.5 Å².